The highest BCUT2D eigenvalue weighted by Crippen LogP contribution is 2.31. The standard InChI is InChI=1S/C8H7BrF2N2O2/c9-6-3(8(14)15)2-13-4(1-12)5(6)7(10)11/h2,7H,1,12H2,(H,14,15). The van der Waals surface area contributed by atoms with Gasteiger partial charge in [0.25, 0.3) is 6.43 Å². The summed E-state index contributed by atoms with van der Waals surface area (Å²) in [6, 6.07) is 0. The summed E-state index contributed by atoms with van der Waals surface area (Å²) in [5.74, 6) is -1.32. The van der Waals surface area contributed by atoms with Crippen molar-refractivity contribution in [1.82, 2.24) is 4.98 Å². The lowest BCUT2D eigenvalue weighted by Gasteiger charge is -2.10. The van der Waals surface area contributed by atoms with Crippen molar-refractivity contribution in [2.24, 2.45) is 5.73 Å². The fourth-order valence-electron chi connectivity index (χ4n) is 1.07. The Kier molecular flexibility index (Phi) is 3.70. The van der Waals surface area contributed by atoms with Crippen LogP contribution in [-0.2, 0) is 6.54 Å². The number of carboxylic acid groups (broad SMARTS) is 1. The molecule has 0 fully saturated rings. The third kappa shape index (κ3) is 2.29. The lowest BCUT2D eigenvalue weighted by Crippen LogP contribution is -2.10. The molecule has 0 amide bonds. The van der Waals surface area contributed by atoms with Crippen LogP contribution in [-0.4, -0.2) is 16.1 Å². The van der Waals surface area contributed by atoms with Gasteiger partial charge in [-0.2, -0.15) is 0 Å². The summed E-state index contributed by atoms with van der Waals surface area (Å²) in [5.41, 5.74) is 4.44. The predicted octanol–water partition coefficient (Wildman–Crippen LogP) is 1.94. The second kappa shape index (κ2) is 4.63. The second-order valence-electron chi connectivity index (χ2n) is 2.66. The summed E-state index contributed by atoms with van der Waals surface area (Å²) in [5, 5.41) is 8.69. The summed E-state index contributed by atoms with van der Waals surface area (Å²) in [6.45, 7) is -0.168. The summed E-state index contributed by atoms with van der Waals surface area (Å²) < 4.78 is 25.0. The van der Waals surface area contributed by atoms with Crippen LogP contribution in [0.5, 0.6) is 0 Å². The van der Waals surface area contributed by atoms with Crippen LogP contribution in [0.3, 0.4) is 0 Å². The molecule has 3 N–H and O–H groups in total. The number of nitrogens with two attached hydrogens (primary N) is 1. The van der Waals surface area contributed by atoms with Crippen molar-refractivity contribution in [2.45, 2.75) is 13.0 Å². The topological polar surface area (TPSA) is 76.2 Å². The number of aromatic carboxylic acids is 1. The third-order valence-corrected chi connectivity index (χ3v) is 2.63. The normalized spacial score (nSPS) is 10.7. The van der Waals surface area contributed by atoms with Crippen LogP contribution in [0.1, 0.15) is 28.0 Å². The molecule has 0 aliphatic carbocycles. The molecule has 0 radical (unpaired) electrons. The second-order valence-corrected chi connectivity index (χ2v) is 3.45. The first-order chi connectivity index (χ1) is 6.99. The molecule has 1 aromatic heterocycles. The molecule has 82 valence electrons. The first-order valence-corrected chi connectivity index (χ1v) is 4.67. The lowest BCUT2D eigenvalue weighted by atomic mass is 10.1. The highest BCUT2D eigenvalue weighted by molar-refractivity contribution is 9.10. The van der Waals surface area contributed by atoms with E-state index < -0.39 is 18.0 Å². The Bertz CT molecular complexity index is 398. The van der Waals surface area contributed by atoms with Crippen molar-refractivity contribution >= 4 is 21.9 Å². The zero-order valence-electron chi connectivity index (χ0n) is 7.38. The molecule has 0 aromatic carbocycles. The van der Waals surface area contributed by atoms with Crippen molar-refractivity contribution in [2.75, 3.05) is 0 Å². The quantitative estimate of drug-likeness (QED) is 0.887. The number of hydrogen-bond donors (Lipinski definition) is 2. The van der Waals surface area contributed by atoms with E-state index in [4.69, 9.17) is 10.8 Å². The summed E-state index contributed by atoms with van der Waals surface area (Å²) in [4.78, 5) is 14.2. The molecule has 0 spiro atoms. The fourth-order valence-corrected chi connectivity index (χ4v) is 1.75. The molecular weight excluding hydrogens is 274 g/mol. The fraction of sp³-hybridized carbons (Fsp3) is 0.250. The van der Waals surface area contributed by atoms with Gasteiger partial charge in [0.1, 0.15) is 0 Å². The van der Waals surface area contributed by atoms with E-state index in [1.54, 1.807) is 0 Å². The Balaban J connectivity index is 3.42. The predicted molar refractivity (Wildman–Crippen MR) is 51.7 cm³/mol. The average molecular weight is 281 g/mol. The van der Waals surface area contributed by atoms with Gasteiger partial charge in [0.2, 0.25) is 0 Å². The molecule has 15 heavy (non-hydrogen) atoms. The Hall–Kier alpha value is -1.08. The average Bonchev–Trinajstić information content (AvgIpc) is 2.15. The van der Waals surface area contributed by atoms with Crippen LogP contribution in [0.25, 0.3) is 0 Å². The number of alkyl halides is 2. The minimum absolute atomic E-state index is 0.0122. The van der Waals surface area contributed by atoms with Gasteiger partial charge >= 0.3 is 5.97 Å². The van der Waals surface area contributed by atoms with Gasteiger partial charge in [-0.15, -0.1) is 0 Å². The molecule has 0 saturated carbocycles. The number of carbonyl (C=O) groups is 1. The Morgan fingerprint density at radius 1 is 1.67 bits per heavy atom. The van der Waals surface area contributed by atoms with E-state index in [9.17, 15) is 13.6 Å². The van der Waals surface area contributed by atoms with E-state index in [1.807, 2.05) is 0 Å². The first-order valence-electron chi connectivity index (χ1n) is 3.87. The molecule has 0 aliphatic heterocycles. The number of rotatable bonds is 3. The Morgan fingerprint density at radius 2 is 2.27 bits per heavy atom. The molecule has 0 saturated heterocycles. The van der Waals surface area contributed by atoms with Crippen LogP contribution < -0.4 is 5.73 Å². The van der Waals surface area contributed by atoms with Gasteiger partial charge in [-0.1, -0.05) is 0 Å². The molecule has 1 heterocycles. The van der Waals surface area contributed by atoms with Crippen molar-refractivity contribution in [3.05, 3.63) is 27.5 Å². The molecule has 4 nitrogen and oxygen atoms in total. The van der Waals surface area contributed by atoms with E-state index in [0.717, 1.165) is 6.20 Å². The van der Waals surface area contributed by atoms with E-state index >= 15 is 0 Å². The summed E-state index contributed by atoms with van der Waals surface area (Å²) in [7, 11) is 0. The van der Waals surface area contributed by atoms with Crippen molar-refractivity contribution < 1.29 is 18.7 Å². The largest absolute Gasteiger partial charge is 0.478 e. The van der Waals surface area contributed by atoms with Gasteiger partial charge in [0.15, 0.2) is 0 Å². The summed E-state index contributed by atoms with van der Waals surface area (Å²) in [6.07, 6.45) is -1.81. The van der Waals surface area contributed by atoms with Crippen LogP contribution in [0.2, 0.25) is 0 Å². The van der Waals surface area contributed by atoms with Crippen LogP contribution in [0, 0.1) is 0 Å². The Labute approximate surface area is 92.2 Å². The maximum absolute atomic E-state index is 12.6. The van der Waals surface area contributed by atoms with Crippen LogP contribution in [0.4, 0.5) is 8.78 Å². The smallest absolute Gasteiger partial charge is 0.338 e. The van der Waals surface area contributed by atoms with Gasteiger partial charge in [0.05, 0.1) is 16.8 Å². The molecule has 1 rings (SSSR count). The van der Waals surface area contributed by atoms with Crippen molar-refractivity contribution in [3.8, 4) is 0 Å². The van der Waals surface area contributed by atoms with Gasteiger partial charge in [-0.05, 0) is 15.9 Å². The zero-order valence-corrected chi connectivity index (χ0v) is 8.96. The summed E-state index contributed by atoms with van der Waals surface area (Å²) >= 11 is 2.82. The highest BCUT2D eigenvalue weighted by atomic mass is 79.9. The van der Waals surface area contributed by atoms with Crippen LogP contribution >= 0.6 is 15.9 Å². The van der Waals surface area contributed by atoms with E-state index in [2.05, 4.69) is 20.9 Å². The van der Waals surface area contributed by atoms with Crippen LogP contribution in [0.15, 0.2) is 10.7 Å². The minimum atomic E-state index is -2.82. The monoisotopic (exact) mass is 280 g/mol. The number of pyridine rings is 1. The molecule has 0 aliphatic rings. The number of halogens is 3. The number of aromatic nitrogens is 1. The van der Waals surface area contributed by atoms with E-state index in [0.29, 0.717) is 0 Å². The number of nitrogens with zero attached hydrogens (tertiary/aromatic N) is 1. The van der Waals surface area contributed by atoms with Gasteiger partial charge in [-0.25, -0.2) is 13.6 Å². The van der Waals surface area contributed by atoms with E-state index in [1.165, 1.54) is 0 Å². The number of hydrogen-bond acceptors (Lipinski definition) is 3. The molecule has 0 atom stereocenters. The Morgan fingerprint density at radius 3 is 2.67 bits per heavy atom. The molecule has 7 heteroatoms. The minimum Gasteiger partial charge on any atom is -0.478 e. The maximum atomic E-state index is 12.6. The van der Waals surface area contributed by atoms with Gasteiger partial charge < -0.3 is 10.8 Å². The SMILES string of the molecule is NCc1ncc(C(=O)O)c(Br)c1C(F)F. The lowest BCUT2D eigenvalue weighted by molar-refractivity contribution is 0.0694. The highest BCUT2D eigenvalue weighted by Gasteiger charge is 2.22. The zero-order chi connectivity index (χ0) is 11.6. The molecule has 1 aromatic rings. The molecule has 0 unspecified atom stereocenters. The van der Waals surface area contributed by atoms with Crippen molar-refractivity contribution in [3.63, 3.8) is 0 Å². The first kappa shape index (κ1) is 12.0. The van der Waals surface area contributed by atoms with Gasteiger partial charge in [-0.3, -0.25) is 4.98 Å². The molecular formula is C8H7BrF2N2O2. The van der Waals surface area contributed by atoms with Gasteiger partial charge in [0, 0.05) is 17.2 Å². The molecule has 0 bridgehead atoms. The number of carboxylic acids is 1. The van der Waals surface area contributed by atoms with E-state index in [-0.39, 0.29) is 22.3 Å². The maximum Gasteiger partial charge on any atom is 0.338 e. The third-order valence-electron chi connectivity index (χ3n) is 1.78. The van der Waals surface area contributed by atoms with Crippen molar-refractivity contribution in [1.29, 1.82) is 0 Å².